The minimum Gasteiger partial charge on any atom is -0.497 e. The molecule has 0 radical (unpaired) electrons. The van der Waals surface area contributed by atoms with Crippen LogP contribution in [0.1, 0.15) is 18.6 Å². The number of amides is 1. The van der Waals surface area contributed by atoms with E-state index < -0.39 is 15.9 Å². The van der Waals surface area contributed by atoms with E-state index in [0.717, 1.165) is 10.2 Å². The van der Waals surface area contributed by atoms with Gasteiger partial charge in [-0.3, -0.25) is 9.69 Å². The maximum absolute atomic E-state index is 13.8. The van der Waals surface area contributed by atoms with E-state index in [4.69, 9.17) is 14.1 Å². The summed E-state index contributed by atoms with van der Waals surface area (Å²) in [6.45, 7) is 0.730. The van der Waals surface area contributed by atoms with Crippen molar-refractivity contribution in [2.75, 3.05) is 25.1 Å². The number of furan rings is 1. The third-order valence-electron chi connectivity index (χ3n) is 6.09. The van der Waals surface area contributed by atoms with Crippen LogP contribution in [0, 0.1) is 5.92 Å². The van der Waals surface area contributed by atoms with Gasteiger partial charge in [0.05, 0.1) is 40.9 Å². The van der Waals surface area contributed by atoms with E-state index in [1.165, 1.54) is 15.6 Å². The highest BCUT2D eigenvalue weighted by Gasteiger charge is 2.36. The third-order valence-corrected chi connectivity index (χ3v) is 9.03. The lowest BCUT2D eigenvalue weighted by atomic mass is 9.98. The molecular weight excluding hydrogens is 486 g/mol. The summed E-state index contributed by atoms with van der Waals surface area (Å²) in [5.41, 5.74) is 0.735. The molecule has 182 valence electrons. The topological polar surface area (TPSA) is 93.0 Å². The average molecular weight is 512 g/mol. The van der Waals surface area contributed by atoms with Crippen molar-refractivity contribution in [3.63, 3.8) is 0 Å². The van der Waals surface area contributed by atoms with Gasteiger partial charge in [0.2, 0.25) is 15.9 Å². The normalized spacial score (nSPS) is 16.9. The molecular formula is C25H25N3O5S2. The van der Waals surface area contributed by atoms with Crippen LogP contribution in [-0.2, 0) is 21.4 Å². The summed E-state index contributed by atoms with van der Waals surface area (Å²) >= 11 is 1.41. The molecule has 0 aliphatic carbocycles. The van der Waals surface area contributed by atoms with Crippen LogP contribution in [0.4, 0.5) is 5.13 Å². The SMILES string of the molecule is COc1ccc2sc(N(Cc3ccco3)C(=O)C3CCCN(S(=O)(=O)c4ccccc4)C3)nc2c1. The molecule has 1 aliphatic rings. The van der Waals surface area contributed by atoms with Crippen molar-refractivity contribution >= 4 is 42.6 Å². The zero-order valence-corrected chi connectivity index (χ0v) is 20.8. The number of fused-ring (bicyclic) bond motifs is 1. The predicted molar refractivity (Wildman–Crippen MR) is 134 cm³/mol. The fourth-order valence-electron chi connectivity index (χ4n) is 4.26. The summed E-state index contributed by atoms with van der Waals surface area (Å²) in [6.07, 6.45) is 2.77. The van der Waals surface area contributed by atoms with Gasteiger partial charge in [0.1, 0.15) is 11.5 Å². The minimum atomic E-state index is -3.68. The number of anilines is 1. The van der Waals surface area contributed by atoms with Crippen molar-refractivity contribution in [1.29, 1.82) is 0 Å². The van der Waals surface area contributed by atoms with Gasteiger partial charge < -0.3 is 9.15 Å². The highest BCUT2D eigenvalue weighted by atomic mass is 32.2. The Morgan fingerprint density at radius 2 is 2.03 bits per heavy atom. The molecule has 1 amide bonds. The smallest absolute Gasteiger partial charge is 0.243 e. The second-order valence-electron chi connectivity index (χ2n) is 8.35. The minimum absolute atomic E-state index is 0.128. The first-order valence-electron chi connectivity index (χ1n) is 11.3. The van der Waals surface area contributed by atoms with Gasteiger partial charge in [-0.1, -0.05) is 29.5 Å². The van der Waals surface area contributed by atoms with E-state index in [9.17, 15) is 13.2 Å². The number of thiazole rings is 1. The molecule has 8 nitrogen and oxygen atoms in total. The van der Waals surface area contributed by atoms with Gasteiger partial charge in [0.15, 0.2) is 5.13 Å². The predicted octanol–water partition coefficient (Wildman–Crippen LogP) is 4.53. The first-order valence-corrected chi connectivity index (χ1v) is 13.5. The number of methoxy groups -OCH3 is 1. The number of sulfonamides is 1. The molecule has 1 atom stereocenters. The molecule has 1 unspecified atom stereocenters. The molecule has 4 aromatic rings. The molecule has 5 rings (SSSR count). The molecule has 0 bridgehead atoms. The molecule has 0 spiro atoms. The lowest BCUT2D eigenvalue weighted by Crippen LogP contribution is -2.46. The lowest BCUT2D eigenvalue weighted by molar-refractivity contribution is -0.123. The number of hydrogen-bond donors (Lipinski definition) is 0. The molecule has 35 heavy (non-hydrogen) atoms. The number of benzene rings is 2. The van der Waals surface area contributed by atoms with Crippen molar-refractivity contribution in [2.45, 2.75) is 24.3 Å². The summed E-state index contributed by atoms with van der Waals surface area (Å²) in [5.74, 6) is 0.659. The number of aromatic nitrogens is 1. The number of hydrogen-bond acceptors (Lipinski definition) is 7. The Balaban J connectivity index is 1.44. The largest absolute Gasteiger partial charge is 0.497 e. The average Bonchev–Trinajstić information content (AvgIpc) is 3.56. The number of rotatable bonds is 7. The van der Waals surface area contributed by atoms with Crippen LogP contribution in [0.15, 0.2) is 76.2 Å². The first-order chi connectivity index (χ1) is 17.0. The maximum Gasteiger partial charge on any atom is 0.243 e. The Bertz CT molecular complexity index is 1420. The molecule has 10 heteroatoms. The summed E-state index contributed by atoms with van der Waals surface area (Å²) in [5, 5.41) is 0.540. The number of nitrogens with zero attached hydrogens (tertiary/aromatic N) is 3. The Hall–Kier alpha value is -3.21. The van der Waals surface area contributed by atoms with Gasteiger partial charge in [-0.05, 0) is 49.2 Å². The van der Waals surface area contributed by atoms with E-state index in [0.29, 0.717) is 36.0 Å². The molecule has 1 saturated heterocycles. The highest BCUT2D eigenvalue weighted by molar-refractivity contribution is 7.89. The van der Waals surface area contributed by atoms with Gasteiger partial charge in [0.25, 0.3) is 0 Å². The van der Waals surface area contributed by atoms with Crippen LogP contribution in [0.2, 0.25) is 0 Å². The summed E-state index contributed by atoms with van der Waals surface area (Å²) in [6, 6.07) is 17.5. The van der Waals surface area contributed by atoms with Crippen molar-refractivity contribution in [3.8, 4) is 5.75 Å². The van der Waals surface area contributed by atoms with Crippen LogP contribution in [0.5, 0.6) is 5.75 Å². The van der Waals surface area contributed by atoms with Gasteiger partial charge in [-0.2, -0.15) is 4.31 Å². The van der Waals surface area contributed by atoms with Gasteiger partial charge in [-0.25, -0.2) is 13.4 Å². The third kappa shape index (κ3) is 4.82. The van der Waals surface area contributed by atoms with Crippen LogP contribution < -0.4 is 9.64 Å². The van der Waals surface area contributed by atoms with E-state index >= 15 is 0 Å². The lowest BCUT2D eigenvalue weighted by Gasteiger charge is -2.33. The molecule has 0 saturated carbocycles. The second kappa shape index (κ2) is 9.80. The Labute approximate surface area is 207 Å². The van der Waals surface area contributed by atoms with Gasteiger partial charge in [0, 0.05) is 19.2 Å². The molecule has 2 aromatic carbocycles. The fourth-order valence-corrected chi connectivity index (χ4v) is 6.76. The van der Waals surface area contributed by atoms with Gasteiger partial charge >= 0.3 is 0 Å². The highest BCUT2D eigenvalue weighted by Crippen LogP contribution is 2.34. The zero-order chi connectivity index (χ0) is 24.4. The Kier molecular flexibility index (Phi) is 6.59. The summed E-state index contributed by atoms with van der Waals surface area (Å²) < 4.78 is 39.6. The molecule has 0 N–H and O–H groups in total. The Morgan fingerprint density at radius 1 is 1.20 bits per heavy atom. The summed E-state index contributed by atoms with van der Waals surface area (Å²) in [7, 11) is -2.08. The van der Waals surface area contributed by atoms with Crippen molar-refractivity contribution in [3.05, 3.63) is 72.7 Å². The van der Waals surface area contributed by atoms with E-state index in [-0.39, 0.29) is 23.9 Å². The molecule has 1 aliphatic heterocycles. The van der Waals surface area contributed by atoms with Crippen molar-refractivity contribution in [1.82, 2.24) is 9.29 Å². The van der Waals surface area contributed by atoms with Crippen molar-refractivity contribution < 1.29 is 22.4 Å². The second-order valence-corrected chi connectivity index (χ2v) is 11.3. The Morgan fingerprint density at radius 3 is 2.77 bits per heavy atom. The van der Waals surface area contributed by atoms with Crippen molar-refractivity contribution in [2.24, 2.45) is 5.92 Å². The van der Waals surface area contributed by atoms with E-state index in [2.05, 4.69) is 0 Å². The van der Waals surface area contributed by atoms with Crippen LogP contribution in [0.3, 0.4) is 0 Å². The monoisotopic (exact) mass is 511 g/mol. The van der Waals surface area contributed by atoms with Crippen LogP contribution in [0.25, 0.3) is 10.2 Å². The van der Waals surface area contributed by atoms with Gasteiger partial charge in [-0.15, -0.1) is 0 Å². The van der Waals surface area contributed by atoms with Crippen LogP contribution >= 0.6 is 11.3 Å². The van der Waals surface area contributed by atoms with Crippen LogP contribution in [-0.4, -0.2) is 43.8 Å². The summed E-state index contributed by atoms with van der Waals surface area (Å²) in [4.78, 5) is 20.4. The van der Waals surface area contributed by atoms with E-state index in [1.54, 1.807) is 54.7 Å². The number of ether oxygens (including phenoxy) is 1. The number of carbonyl (C=O) groups excluding carboxylic acids is 1. The quantitative estimate of drug-likeness (QED) is 0.362. The molecule has 1 fully saturated rings. The van der Waals surface area contributed by atoms with E-state index in [1.807, 2.05) is 24.3 Å². The molecule has 3 heterocycles. The number of carbonyl (C=O) groups is 1. The molecule has 2 aromatic heterocycles. The fraction of sp³-hybridized carbons (Fsp3) is 0.280. The first kappa shape index (κ1) is 23.5. The maximum atomic E-state index is 13.8. The zero-order valence-electron chi connectivity index (χ0n) is 19.2. The standard InChI is InChI=1S/C25H25N3O5S2/c1-32-19-11-12-23-22(15-19)26-25(34-23)28(17-20-8-6-14-33-20)24(29)18-7-5-13-27(16-18)35(30,31)21-9-3-2-4-10-21/h2-4,6,8-12,14-15,18H,5,7,13,16-17H2,1H3. The number of piperidine rings is 1.